The zero-order valence-corrected chi connectivity index (χ0v) is 13.1. The van der Waals surface area contributed by atoms with Gasteiger partial charge >= 0.3 is 0 Å². The topological polar surface area (TPSA) is 73.6 Å². The highest BCUT2D eigenvalue weighted by molar-refractivity contribution is 5.76. The maximum Gasteiger partial charge on any atom is 0.220 e. The summed E-state index contributed by atoms with van der Waals surface area (Å²) >= 11 is 0. The van der Waals surface area contributed by atoms with E-state index >= 15 is 0 Å². The average Bonchev–Trinajstić information content (AvgIpc) is 2.90. The number of rotatable bonds is 4. The highest BCUT2D eigenvalue weighted by Crippen LogP contribution is 2.25. The molecular weight excluding hydrogens is 297 g/mol. The van der Waals surface area contributed by atoms with Crippen LogP contribution in [0.15, 0.2) is 28.8 Å². The molecule has 0 saturated carbocycles. The van der Waals surface area contributed by atoms with E-state index in [0.717, 1.165) is 49.3 Å². The van der Waals surface area contributed by atoms with Gasteiger partial charge in [0.2, 0.25) is 5.91 Å². The molecule has 1 aliphatic rings. The van der Waals surface area contributed by atoms with Crippen molar-refractivity contribution < 1.29 is 18.6 Å². The second kappa shape index (κ2) is 6.50. The predicted molar refractivity (Wildman–Crippen MR) is 83.0 cm³/mol. The van der Waals surface area contributed by atoms with Gasteiger partial charge in [-0.3, -0.25) is 4.79 Å². The van der Waals surface area contributed by atoms with Crippen LogP contribution in [-0.4, -0.2) is 24.2 Å². The summed E-state index contributed by atoms with van der Waals surface area (Å²) in [7, 11) is 0. The van der Waals surface area contributed by atoms with Gasteiger partial charge < -0.3 is 15.2 Å². The molecular formula is C17H21FN3O2+. The molecule has 1 fully saturated rings. The fourth-order valence-electron chi connectivity index (χ4n) is 3.13. The van der Waals surface area contributed by atoms with Gasteiger partial charge in [0.1, 0.15) is 18.1 Å². The predicted octanol–water partition coefficient (Wildman–Crippen LogP) is 1.07. The molecule has 2 aromatic rings. The van der Waals surface area contributed by atoms with Crippen molar-refractivity contribution in [3.8, 4) is 11.3 Å². The Morgan fingerprint density at radius 2 is 2.00 bits per heavy atom. The van der Waals surface area contributed by atoms with Crippen molar-refractivity contribution in [3.05, 3.63) is 41.3 Å². The number of amides is 1. The molecule has 122 valence electrons. The monoisotopic (exact) mass is 318 g/mol. The highest BCUT2D eigenvalue weighted by Gasteiger charge is 2.27. The van der Waals surface area contributed by atoms with Gasteiger partial charge in [0.15, 0.2) is 5.76 Å². The minimum absolute atomic E-state index is 0.00642. The number of nitrogens with two attached hydrogens (primary N) is 1. The molecule has 1 aromatic heterocycles. The van der Waals surface area contributed by atoms with Gasteiger partial charge in [0.25, 0.3) is 0 Å². The van der Waals surface area contributed by atoms with E-state index < -0.39 is 0 Å². The van der Waals surface area contributed by atoms with Crippen LogP contribution >= 0.6 is 0 Å². The molecule has 0 bridgehead atoms. The van der Waals surface area contributed by atoms with Crippen molar-refractivity contribution >= 4 is 5.91 Å². The summed E-state index contributed by atoms with van der Waals surface area (Å²) < 4.78 is 18.5. The maximum absolute atomic E-state index is 13.0. The van der Waals surface area contributed by atoms with Crippen LogP contribution in [-0.2, 0) is 11.3 Å². The van der Waals surface area contributed by atoms with Crippen LogP contribution in [0.25, 0.3) is 11.3 Å². The number of carbonyl (C=O) groups excluding carboxylic acids is 1. The average molecular weight is 318 g/mol. The molecule has 3 rings (SSSR count). The second-order valence-electron chi connectivity index (χ2n) is 6.19. The van der Waals surface area contributed by atoms with Crippen LogP contribution in [0, 0.1) is 18.7 Å². The molecule has 2 heterocycles. The van der Waals surface area contributed by atoms with Crippen molar-refractivity contribution in [2.45, 2.75) is 26.3 Å². The Morgan fingerprint density at radius 3 is 2.61 bits per heavy atom. The number of nitrogens with zero attached hydrogens (tertiary/aromatic N) is 1. The molecule has 0 radical (unpaired) electrons. The summed E-state index contributed by atoms with van der Waals surface area (Å²) in [6.45, 7) is 4.56. The van der Waals surface area contributed by atoms with E-state index in [1.165, 1.54) is 17.0 Å². The van der Waals surface area contributed by atoms with Gasteiger partial charge in [-0.15, -0.1) is 0 Å². The third-order valence-electron chi connectivity index (χ3n) is 4.64. The van der Waals surface area contributed by atoms with Crippen LogP contribution in [0.4, 0.5) is 4.39 Å². The van der Waals surface area contributed by atoms with Gasteiger partial charge in [-0.05, 0) is 31.2 Å². The van der Waals surface area contributed by atoms with Crippen molar-refractivity contribution in [2.24, 2.45) is 11.7 Å². The lowest BCUT2D eigenvalue weighted by Crippen LogP contribution is -3.12. The van der Waals surface area contributed by atoms with Crippen molar-refractivity contribution in [2.75, 3.05) is 13.1 Å². The zero-order valence-electron chi connectivity index (χ0n) is 13.1. The Bertz CT molecular complexity index is 688. The number of quaternary nitrogens is 1. The first-order valence-electron chi connectivity index (χ1n) is 7.88. The first kappa shape index (κ1) is 15.7. The second-order valence-corrected chi connectivity index (χ2v) is 6.19. The third kappa shape index (κ3) is 3.42. The van der Waals surface area contributed by atoms with E-state index in [-0.39, 0.29) is 17.6 Å². The summed E-state index contributed by atoms with van der Waals surface area (Å²) in [6, 6.07) is 6.21. The first-order chi connectivity index (χ1) is 11.0. The van der Waals surface area contributed by atoms with Crippen molar-refractivity contribution in [1.29, 1.82) is 0 Å². The van der Waals surface area contributed by atoms with E-state index in [4.69, 9.17) is 10.3 Å². The fraction of sp³-hybridized carbons (Fsp3) is 0.412. The lowest BCUT2D eigenvalue weighted by atomic mass is 9.96. The molecule has 0 aliphatic carbocycles. The summed E-state index contributed by atoms with van der Waals surface area (Å²) in [5, 5.41) is 4.18. The third-order valence-corrected chi connectivity index (χ3v) is 4.64. The van der Waals surface area contributed by atoms with E-state index in [1.807, 2.05) is 6.92 Å². The number of halogens is 1. The van der Waals surface area contributed by atoms with Crippen LogP contribution in [0.5, 0.6) is 0 Å². The molecule has 0 unspecified atom stereocenters. The Hall–Kier alpha value is -2.21. The highest BCUT2D eigenvalue weighted by atomic mass is 19.1. The molecule has 23 heavy (non-hydrogen) atoms. The van der Waals surface area contributed by atoms with Crippen molar-refractivity contribution in [3.63, 3.8) is 0 Å². The van der Waals surface area contributed by atoms with Gasteiger partial charge in [-0.2, -0.15) is 0 Å². The largest absolute Gasteiger partial charge is 0.369 e. The number of nitrogens with one attached hydrogen (secondary N) is 1. The van der Waals surface area contributed by atoms with E-state index in [9.17, 15) is 9.18 Å². The number of likely N-dealkylation sites (tertiary alicyclic amines) is 1. The van der Waals surface area contributed by atoms with E-state index in [1.54, 1.807) is 12.1 Å². The summed E-state index contributed by atoms with van der Waals surface area (Å²) in [4.78, 5) is 12.6. The summed E-state index contributed by atoms with van der Waals surface area (Å²) in [5.41, 5.74) is 8.09. The van der Waals surface area contributed by atoms with Gasteiger partial charge in [0.05, 0.1) is 13.1 Å². The van der Waals surface area contributed by atoms with E-state index in [2.05, 4.69) is 5.16 Å². The summed E-state index contributed by atoms with van der Waals surface area (Å²) in [6.07, 6.45) is 1.65. The first-order valence-corrected chi connectivity index (χ1v) is 7.88. The number of piperidine rings is 1. The smallest absolute Gasteiger partial charge is 0.220 e. The van der Waals surface area contributed by atoms with Gasteiger partial charge in [-0.25, -0.2) is 4.39 Å². The van der Waals surface area contributed by atoms with Crippen LogP contribution in [0.1, 0.15) is 24.1 Å². The molecule has 1 amide bonds. The van der Waals surface area contributed by atoms with Crippen LogP contribution in [0.2, 0.25) is 0 Å². The molecule has 5 nitrogen and oxygen atoms in total. The number of hydrogen-bond donors (Lipinski definition) is 2. The van der Waals surface area contributed by atoms with Crippen molar-refractivity contribution in [1.82, 2.24) is 5.16 Å². The normalized spacial score (nSPS) is 21.3. The Morgan fingerprint density at radius 1 is 1.35 bits per heavy atom. The number of hydrogen-bond acceptors (Lipinski definition) is 3. The minimum Gasteiger partial charge on any atom is -0.369 e. The quantitative estimate of drug-likeness (QED) is 0.885. The Labute approximate surface area is 134 Å². The Balaban J connectivity index is 1.68. The SMILES string of the molecule is Cc1c(C[NH+]2CCC(C(N)=O)CC2)noc1-c1ccc(F)cc1. The number of primary amides is 1. The molecule has 3 N–H and O–H groups in total. The maximum atomic E-state index is 13.0. The molecule has 1 saturated heterocycles. The number of carbonyl (C=O) groups is 1. The van der Waals surface area contributed by atoms with Gasteiger partial charge in [-0.1, -0.05) is 5.16 Å². The molecule has 0 spiro atoms. The Kier molecular flexibility index (Phi) is 4.43. The van der Waals surface area contributed by atoms with Crippen LogP contribution < -0.4 is 10.6 Å². The number of benzene rings is 1. The molecule has 0 atom stereocenters. The fourth-order valence-corrected chi connectivity index (χ4v) is 3.13. The van der Waals surface area contributed by atoms with Gasteiger partial charge in [0, 0.05) is 29.9 Å². The van der Waals surface area contributed by atoms with E-state index in [0.29, 0.717) is 5.76 Å². The molecule has 1 aliphatic heterocycles. The van der Waals surface area contributed by atoms with Crippen LogP contribution in [0.3, 0.4) is 0 Å². The zero-order chi connectivity index (χ0) is 16.4. The standard InChI is InChI=1S/C17H20FN3O2/c1-11-15(10-21-8-6-13(7-9-21)17(19)22)20-23-16(11)12-2-4-14(18)5-3-12/h2-5,13H,6-10H2,1H3,(H2,19,22)/p+1. The lowest BCUT2D eigenvalue weighted by molar-refractivity contribution is -0.919. The minimum atomic E-state index is -0.270. The number of aromatic nitrogens is 1. The summed E-state index contributed by atoms with van der Waals surface area (Å²) in [5.74, 6) is 0.228. The molecule has 6 heteroatoms. The molecule has 1 aromatic carbocycles. The lowest BCUT2D eigenvalue weighted by Gasteiger charge is -2.27.